The van der Waals surface area contributed by atoms with E-state index in [4.69, 9.17) is 5.84 Å². The van der Waals surface area contributed by atoms with Gasteiger partial charge in [-0.15, -0.1) is 11.3 Å². The van der Waals surface area contributed by atoms with Gasteiger partial charge in [-0.25, -0.2) is 10.9 Å². The van der Waals surface area contributed by atoms with Gasteiger partial charge in [-0.05, 0) is 53.4 Å². The van der Waals surface area contributed by atoms with Crippen LogP contribution in [0.4, 0.5) is 11.4 Å². The highest BCUT2D eigenvalue weighted by Crippen LogP contribution is 2.27. The minimum atomic E-state index is -0.251. The first-order valence-corrected chi connectivity index (χ1v) is 10.3. The summed E-state index contributed by atoms with van der Waals surface area (Å²) in [5.74, 6) is 5.82. The number of halogens is 1. The molecule has 0 spiro atoms. The van der Waals surface area contributed by atoms with Gasteiger partial charge >= 0.3 is 0 Å². The van der Waals surface area contributed by atoms with E-state index in [1.807, 2.05) is 53.9 Å². The molecule has 0 saturated heterocycles. The van der Waals surface area contributed by atoms with Crippen molar-refractivity contribution >= 4 is 55.5 Å². The fourth-order valence-corrected chi connectivity index (χ4v) is 4.01. The van der Waals surface area contributed by atoms with E-state index in [9.17, 15) is 4.79 Å². The molecule has 2 heterocycles. The topological polar surface area (TPSA) is 71.2 Å². The molecule has 28 heavy (non-hydrogen) atoms. The van der Waals surface area contributed by atoms with Gasteiger partial charge in [0.1, 0.15) is 4.88 Å². The number of benzene rings is 2. The Bertz CT molecular complexity index is 1120. The van der Waals surface area contributed by atoms with Crippen molar-refractivity contribution < 1.29 is 4.79 Å². The van der Waals surface area contributed by atoms with Gasteiger partial charge in [-0.3, -0.25) is 9.78 Å². The first kappa shape index (κ1) is 18.6. The molecule has 0 aliphatic heterocycles. The van der Waals surface area contributed by atoms with Crippen molar-refractivity contribution in [2.75, 3.05) is 10.3 Å². The molecule has 2 aromatic carbocycles. The predicted molar refractivity (Wildman–Crippen MR) is 119 cm³/mol. The Labute approximate surface area is 174 Å². The number of pyridine rings is 1. The van der Waals surface area contributed by atoms with Crippen molar-refractivity contribution in [1.82, 2.24) is 4.98 Å². The first-order valence-electron chi connectivity index (χ1n) is 8.62. The summed E-state index contributed by atoms with van der Waals surface area (Å²) in [6.45, 7) is 0.586. The molecule has 5 nitrogen and oxygen atoms in total. The van der Waals surface area contributed by atoms with Crippen LogP contribution in [-0.4, -0.2) is 10.9 Å². The number of hydrogen-bond acceptors (Lipinski definition) is 5. The Morgan fingerprint density at radius 2 is 1.89 bits per heavy atom. The maximum absolute atomic E-state index is 12.9. The Morgan fingerprint density at radius 1 is 1.11 bits per heavy atom. The number of hydrazine groups is 1. The molecule has 0 atom stereocenters. The number of aromatic nitrogens is 1. The van der Waals surface area contributed by atoms with Gasteiger partial charge in [-0.2, -0.15) is 0 Å². The van der Waals surface area contributed by atoms with Gasteiger partial charge < -0.3 is 5.32 Å². The van der Waals surface area contributed by atoms with Gasteiger partial charge in [0.15, 0.2) is 0 Å². The molecule has 0 unspecified atom stereocenters. The van der Waals surface area contributed by atoms with Crippen LogP contribution >= 0.6 is 27.3 Å². The SMILES string of the molecule is NN(C(=O)c1sccc1NCc1ccnc2ccccc12)c1ccc(Br)cc1. The Morgan fingerprint density at radius 3 is 2.71 bits per heavy atom. The number of hydrogen-bond donors (Lipinski definition) is 2. The lowest BCUT2D eigenvalue weighted by atomic mass is 10.1. The third-order valence-corrected chi connectivity index (χ3v) is 5.82. The van der Waals surface area contributed by atoms with E-state index in [2.05, 4.69) is 26.2 Å². The van der Waals surface area contributed by atoms with Crippen molar-refractivity contribution in [2.24, 2.45) is 5.84 Å². The van der Waals surface area contributed by atoms with Crippen LogP contribution in [0.1, 0.15) is 15.2 Å². The second-order valence-corrected chi connectivity index (χ2v) is 7.99. The molecule has 4 rings (SSSR count). The van der Waals surface area contributed by atoms with Crippen LogP contribution in [0.5, 0.6) is 0 Å². The molecule has 3 N–H and O–H groups in total. The third kappa shape index (κ3) is 3.77. The van der Waals surface area contributed by atoms with E-state index in [1.54, 1.807) is 18.3 Å². The summed E-state index contributed by atoms with van der Waals surface area (Å²) in [5, 5.41) is 7.52. The monoisotopic (exact) mass is 452 g/mol. The van der Waals surface area contributed by atoms with Crippen molar-refractivity contribution in [3.8, 4) is 0 Å². The number of nitrogens with two attached hydrogens (primary N) is 1. The van der Waals surface area contributed by atoms with Gasteiger partial charge in [-0.1, -0.05) is 34.1 Å². The number of nitrogens with one attached hydrogen (secondary N) is 1. The molecule has 0 bridgehead atoms. The minimum Gasteiger partial charge on any atom is -0.380 e. The minimum absolute atomic E-state index is 0.251. The fraction of sp³-hybridized carbons (Fsp3) is 0.0476. The molecule has 4 aromatic rings. The maximum atomic E-state index is 12.9. The lowest BCUT2D eigenvalue weighted by Crippen LogP contribution is -2.37. The summed E-state index contributed by atoms with van der Waals surface area (Å²) in [6.07, 6.45) is 1.80. The summed E-state index contributed by atoms with van der Waals surface area (Å²) in [5.41, 5.74) is 3.47. The van der Waals surface area contributed by atoms with Crippen LogP contribution in [0, 0.1) is 0 Å². The zero-order valence-electron chi connectivity index (χ0n) is 14.8. The van der Waals surface area contributed by atoms with E-state index >= 15 is 0 Å². The second-order valence-electron chi connectivity index (χ2n) is 6.16. The second kappa shape index (κ2) is 8.10. The third-order valence-electron chi connectivity index (χ3n) is 4.39. The average Bonchev–Trinajstić information content (AvgIpc) is 3.20. The van der Waals surface area contributed by atoms with Crippen LogP contribution in [0.25, 0.3) is 10.9 Å². The number of carbonyl (C=O) groups is 1. The molecule has 1 amide bonds. The Hall–Kier alpha value is -2.74. The number of para-hydroxylation sites is 1. The summed E-state index contributed by atoms with van der Waals surface area (Å²) >= 11 is 4.75. The highest BCUT2D eigenvalue weighted by Gasteiger charge is 2.19. The van der Waals surface area contributed by atoms with Crippen molar-refractivity contribution in [2.45, 2.75) is 6.54 Å². The van der Waals surface area contributed by atoms with Gasteiger partial charge in [0, 0.05) is 22.6 Å². The molecule has 0 aliphatic carbocycles. The van der Waals surface area contributed by atoms with Crippen molar-refractivity contribution in [1.29, 1.82) is 0 Å². The number of anilines is 2. The van der Waals surface area contributed by atoms with Crippen molar-refractivity contribution in [3.05, 3.63) is 87.2 Å². The molecule has 2 aromatic heterocycles. The Kier molecular flexibility index (Phi) is 5.38. The quantitative estimate of drug-likeness (QED) is 0.248. The van der Waals surface area contributed by atoms with E-state index in [0.717, 1.165) is 26.6 Å². The fourth-order valence-electron chi connectivity index (χ4n) is 2.94. The van der Waals surface area contributed by atoms with Crippen LogP contribution < -0.4 is 16.2 Å². The molecule has 0 aliphatic rings. The highest BCUT2D eigenvalue weighted by atomic mass is 79.9. The van der Waals surface area contributed by atoms with E-state index in [-0.39, 0.29) is 5.91 Å². The number of carbonyl (C=O) groups excluding carboxylic acids is 1. The molecule has 7 heteroatoms. The molecule has 140 valence electrons. The van der Waals surface area contributed by atoms with Gasteiger partial charge in [0.2, 0.25) is 0 Å². The summed E-state index contributed by atoms with van der Waals surface area (Å²) in [6, 6.07) is 19.2. The largest absolute Gasteiger partial charge is 0.380 e. The van der Waals surface area contributed by atoms with E-state index < -0.39 is 0 Å². The zero-order chi connectivity index (χ0) is 19.5. The number of fused-ring (bicyclic) bond motifs is 1. The van der Waals surface area contributed by atoms with E-state index in [0.29, 0.717) is 17.1 Å². The molecule has 0 fully saturated rings. The standard InChI is InChI=1S/C21H17BrN4OS/c22-15-5-7-16(8-6-15)26(23)21(27)20-19(10-12-28-20)25-13-14-9-11-24-18-4-2-1-3-17(14)18/h1-12,25H,13,23H2. The number of amides is 1. The lowest BCUT2D eigenvalue weighted by Gasteiger charge is -2.17. The molecule has 0 radical (unpaired) electrons. The van der Waals surface area contributed by atoms with Crippen LogP contribution in [-0.2, 0) is 6.54 Å². The van der Waals surface area contributed by atoms with Crippen molar-refractivity contribution in [3.63, 3.8) is 0 Å². The summed E-state index contributed by atoms with van der Waals surface area (Å²) < 4.78 is 0.931. The van der Waals surface area contributed by atoms with Crippen LogP contribution in [0.15, 0.2) is 76.7 Å². The zero-order valence-corrected chi connectivity index (χ0v) is 17.2. The average molecular weight is 453 g/mol. The molecular formula is C21H17BrN4OS. The normalized spacial score (nSPS) is 10.8. The number of nitrogens with zero attached hydrogens (tertiary/aromatic N) is 2. The Balaban J connectivity index is 1.54. The first-order chi connectivity index (χ1) is 13.6. The predicted octanol–water partition coefficient (Wildman–Crippen LogP) is 5.19. The maximum Gasteiger partial charge on any atom is 0.284 e. The molecular weight excluding hydrogens is 436 g/mol. The number of thiophene rings is 1. The van der Waals surface area contributed by atoms with Crippen LogP contribution in [0.3, 0.4) is 0 Å². The number of rotatable bonds is 5. The summed E-state index contributed by atoms with van der Waals surface area (Å²) in [7, 11) is 0. The van der Waals surface area contributed by atoms with E-state index in [1.165, 1.54) is 16.3 Å². The van der Waals surface area contributed by atoms with Gasteiger partial charge in [0.25, 0.3) is 5.91 Å². The van der Waals surface area contributed by atoms with Gasteiger partial charge in [0.05, 0.1) is 16.9 Å². The summed E-state index contributed by atoms with van der Waals surface area (Å²) in [4.78, 5) is 17.8. The molecule has 0 saturated carbocycles. The lowest BCUT2D eigenvalue weighted by molar-refractivity contribution is 0.0991. The highest BCUT2D eigenvalue weighted by molar-refractivity contribution is 9.10. The smallest absolute Gasteiger partial charge is 0.284 e. The van der Waals surface area contributed by atoms with Crippen LogP contribution in [0.2, 0.25) is 0 Å².